The largest absolute Gasteiger partial charge is 0.462 e. The molecule has 0 unspecified atom stereocenters. The van der Waals surface area contributed by atoms with Gasteiger partial charge in [0.1, 0.15) is 0 Å². The molecule has 0 amide bonds. The van der Waals surface area contributed by atoms with Crippen LogP contribution in [-0.2, 0) is 17.7 Å². The predicted octanol–water partition coefficient (Wildman–Crippen LogP) is 2.70. The van der Waals surface area contributed by atoms with Gasteiger partial charge in [-0.15, -0.1) is 11.3 Å². The average molecular weight is 266 g/mol. The van der Waals surface area contributed by atoms with E-state index >= 15 is 0 Å². The van der Waals surface area contributed by atoms with Gasteiger partial charge >= 0.3 is 0 Å². The lowest BCUT2D eigenvalue weighted by atomic mass is 10.3. The van der Waals surface area contributed by atoms with Gasteiger partial charge in [-0.3, -0.25) is 0 Å². The first-order chi connectivity index (χ1) is 8.85. The van der Waals surface area contributed by atoms with Gasteiger partial charge in [0.2, 0.25) is 0 Å². The summed E-state index contributed by atoms with van der Waals surface area (Å²) in [5.74, 6) is 0.845. The zero-order valence-corrected chi connectivity index (χ0v) is 11.5. The molecule has 4 nitrogen and oxygen atoms in total. The van der Waals surface area contributed by atoms with E-state index in [9.17, 15) is 0 Å². The lowest BCUT2D eigenvalue weighted by Gasteiger charge is -2.02. The summed E-state index contributed by atoms with van der Waals surface area (Å²) in [4.78, 5) is 5.90. The van der Waals surface area contributed by atoms with E-state index in [4.69, 9.17) is 9.15 Å². The van der Waals surface area contributed by atoms with Crippen molar-refractivity contribution in [3.8, 4) is 10.8 Å². The number of thiazole rings is 1. The van der Waals surface area contributed by atoms with E-state index in [1.54, 1.807) is 24.7 Å². The molecular formula is C13H18N2O2S. The molecule has 0 aromatic carbocycles. The maximum absolute atomic E-state index is 5.38. The van der Waals surface area contributed by atoms with Crippen LogP contribution >= 0.6 is 11.3 Å². The van der Waals surface area contributed by atoms with Crippen LogP contribution < -0.4 is 5.32 Å². The maximum Gasteiger partial charge on any atom is 0.162 e. The van der Waals surface area contributed by atoms with Crippen LogP contribution in [0.3, 0.4) is 0 Å². The van der Waals surface area contributed by atoms with Gasteiger partial charge < -0.3 is 14.5 Å². The van der Waals surface area contributed by atoms with Crippen LogP contribution in [0.15, 0.2) is 22.8 Å². The number of ether oxygens (including phenoxy) is 1. The van der Waals surface area contributed by atoms with E-state index in [0.29, 0.717) is 0 Å². The molecule has 0 saturated heterocycles. The van der Waals surface area contributed by atoms with Crippen LogP contribution in [0.5, 0.6) is 0 Å². The first kappa shape index (κ1) is 13.3. The summed E-state index contributed by atoms with van der Waals surface area (Å²) in [5.41, 5.74) is 1.15. The first-order valence-electron chi connectivity index (χ1n) is 6.07. The minimum atomic E-state index is 0.727. The molecule has 2 aromatic heterocycles. The molecule has 0 bridgehead atoms. The average Bonchev–Trinajstić information content (AvgIpc) is 3.03. The van der Waals surface area contributed by atoms with Crippen molar-refractivity contribution in [3.63, 3.8) is 0 Å². The Morgan fingerprint density at radius 2 is 2.39 bits per heavy atom. The molecular weight excluding hydrogens is 248 g/mol. The number of nitrogens with one attached hydrogen (secondary N) is 1. The molecule has 18 heavy (non-hydrogen) atoms. The Kier molecular flexibility index (Phi) is 4.92. The summed E-state index contributed by atoms with van der Waals surface area (Å²) >= 11 is 1.69. The standard InChI is InChI=1S/C13H18N2O2S/c1-3-10-12(9-14-6-8-16-2)18-13(15-10)11-5-4-7-17-11/h4-5,7,14H,3,6,8-9H2,1-2H3. The van der Waals surface area contributed by atoms with Crippen LogP contribution in [-0.4, -0.2) is 25.2 Å². The first-order valence-corrected chi connectivity index (χ1v) is 6.89. The van der Waals surface area contributed by atoms with Crippen molar-refractivity contribution in [2.75, 3.05) is 20.3 Å². The zero-order valence-electron chi connectivity index (χ0n) is 10.7. The fourth-order valence-corrected chi connectivity index (χ4v) is 2.77. The Bertz CT molecular complexity index is 465. The molecule has 0 spiro atoms. The fraction of sp³-hybridized carbons (Fsp3) is 0.462. The zero-order chi connectivity index (χ0) is 12.8. The molecule has 0 saturated carbocycles. The highest BCUT2D eigenvalue weighted by Crippen LogP contribution is 2.28. The molecule has 0 atom stereocenters. The van der Waals surface area contributed by atoms with Gasteiger partial charge in [-0.05, 0) is 18.6 Å². The van der Waals surface area contributed by atoms with Crippen molar-refractivity contribution in [2.45, 2.75) is 19.9 Å². The van der Waals surface area contributed by atoms with Gasteiger partial charge in [-0.1, -0.05) is 6.92 Å². The summed E-state index contributed by atoms with van der Waals surface area (Å²) in [6.07, 6.45) is 2.62. The van der Waals surface area contributed by atoms with Crippen LogP contribution in [0.2, 0.25) is 0 Å². The second-order valence-corrected chi connectivity index (χ2v) is 4.97. The minimum Gasteiger partial charge on any atom is -0.462 e. The number of rotatable bonds is 7. The van der Waals surface area contributed by atoms with Crippen molar-refractivity contribution in [1.82, 2.24) is 10.3 Å². The molecule has 2 heterocycles. The topological polar surface area (TPSA) is 47.3 Å². The van der Waals surface area contributed by atoms with Crippen molar-refractivity contribution in [1.29, 1.82) is 0 Å². The highest BCUT2D eigenvalue weighted by atomic mass is 32.1. The summed E-state index contributed by atoms with van der Waals surface area (Å²) in [5, 5.41) is 4.31. The minimum absolute atomic E-state index is 0.727. The normalized spacial score (nSPS) is 11.0. The second kappa shape index (κ2) is 6.68. The number of aryl methyl sites for hydroxylation is 1. The van der Waals surface area contributed by atoms with E-state index in [1.807, 2.05) is 12.1 Å². The smallest absolute Gasteiger partial charge is 0.162 e. The van der Waals surface area contributed by atoms with E-state index in [-0.39, 0.29) is 0 Å². The number of methoxy groups -OCH3 is 1. The highest BCUT2D eigenvalue weighted by molar-refractivity contribution is 7.15. The molecule has 0 aliphatic carbocycles. The highest BCUT2D eigenvalue weighted by Gasteiger charge is 2.12. The van der Waals surface area contributed by atoms with E-state index in [2.05, 4.69) is 17.2 Å². The predicted molar refractivity (Wildman–Crippen MR) is 72.8 cm³/mol. The molecule has 0 radical (unpaired) electrons. The van der Waals surface area contributed by atoms with Gasteiger partial charge in [0.15, 0.2) is 10.8 Å². The van der Waals surface area contributed by atoms with E-state index in [0.717, 1.165) is 42.6 Å². The molecule has 5 heteroatoms. The monoisotopic (exact) mass is 266 g/mol. The van der Waals surface area contributed by atoms with Gasteiger partial charge in [0.25, 0.3) is 0 Å². The van der Waals surface area contributed by atoms with E-state index in [1.165, 1.54) is 4.88 Å². The molecule has 1 N–H and O–H groups in total. The van der Waals surface area contributed by atoms with Gasteiger partial charge in [0, 0.05) is 25.1 Å². The Hall–Kier alpha value is -1.17. The summed E-state index contributed by atoms with van der Waals surface area (Å²) in [7, 11) is 1.71. The maximum atomic E-state index is 5.38. The number of nitrogens with zero attached hydrogens (tertiary/aromatic N) is 1. The Balaban J connectivity index is 2.05. The third-order valence-electron chi connectivity index (χ3n) is 2.61. The van der Waals surface area contributed by atoms with Gasteiger partial charge in [-0.2, -0.15) is 0 Å². The lowest BCUT2D eigenvalue weighted by molar-refractivity contribution is 0.199. The number of aromatic nitrogens is 1. The van der Waals surface area contributed by atoms with Crippen molar-refractivity contribution in [3.05, 3.63) is 29.0 Å². The molecule has 0 aliphatic rings. The van der Waals surface area contributed by atoms with Gasteiger partial charge in [0.05, 0.1) is 18.6 Å². The van der Waals surface area contributed by atoms with Gasteiger partial charge in [-0.25, -0.2) is 4.98 Å². The SMILES string of the molecule is CCc1nc(-c2ccco2)sc1CNCCOC. The Labute approximate surface area is 111 Å². The second-order valence-electron chi connectivity index (χ2n) is 3.89. The Morgan fingerprint density at radius 1 is 1.50 bits per heavy atom. The van der Waals surface area contributed by atoms with Crippen LogP contribution in [0.1, 0.15) is 17.5 Å². The summed E-state index contributed by atoms with van der Waals surface area (Å²) in [6, 6.07) is 3.83. The summed E-state index contributed by atoms with van der Waals surface area (Å²) < 4.78 is 10.4. The Morgan fingerprint density at radius 3 is 3.06 bits per heavy atom. The van der Waals surface area contributed by atoms with Crippen LogP contribution in [0.4, 0.5) is 0 Å². The van der Waals surface area contributed by atoms with Crippen LogP contribution in [0.25, 0.3) is 10.8 Å². The molecule has 0 fully saturated rings. The molecule has 0 aliphatic heterocycles. The molecule has 98 valence electrons. The number of hydrogen-bond acceptors (Lipinski definition) is 5. The molecule has 2 rings (SSSR count). The van der Waals surface area contributed by atoms with Crippen molar-refractivity contribution >= 4 is 11.3 Å². The fourth-order valence-electron chi connectivity index (χ4n) is 1.68. The molecule has 2 aromatic rings. The van der Waals surface area contributed by atoms with Crippen molar-refractivity contribution in [2.24, 2.45) is 0 Å². The third-order valence-corrected chi connectivity index (χ3v) is 3.73. The van der Waals surface area contributed by atoms with Crippen molar-refractivity contribution < 1.29 is 9.15 Å². The number of hydrogen-bond donors (Lipinski definition) is 1. The summed E-state index contributed by atoms with van der Waals surface area (Å²) in [6.45, 7) is 4.55. The van der Waals surface area contributed by atoms with Crippen LogP contribution in [0, 0.1) is 0 Å². The number of furan rings is 1. The lowest BCUT2D eigenvalue weighted by Crippen LogP contribution is -2.18. The van der Waals surface area contributed by atoms with E-state index < -0.39 is 0 Å². The quantitative estimate of drug-likeness (QED) is 0.783. The third kappa shape index (κ3) is 3.19.